The summed E-state index contributed by atoms with van der Waals surface area (Å²) < 4.78 is 31.1. The van der Waals surface area contributed by atoms with Crippen LogP contribution in [0.15, 0.2) is 23.5 Å². The Labute approximate surface area is 149 Å². The van der Waals surface area contributed by atoms with Crippen molar-refractivity contribution in [2.75, 3.05) is 13.1 Å². The molecule has 1 aliphatic rings. The molecule has 1 atom stereocenters. The molecule has 3 rings (SSSR count). The van der Waals surface area contributed by atoms with E-state index in [1.54, 1.807) is 15.2 Å². The van der Waals surface area contributed by atoms with Gasteiger partial charge in [-0.2, -0.15) is 9.40 Å². The molecule has 2 aromatic rings. The zero-order valence-corrected chi connectivity index (χ0v) is 16.2. The first kappa shape index (κ1) is 18.1. The van der Waals surface area contributed by atoms with Gasteiger partial charge in [0.15, 0.2) is 0 Å². The lowest BCUT2D eigenvalue weighted by molar-refractivity contribution is 0.445. The lowest BCUT2D eigenvalue weighted by atomic mass is 10.0. The lowest BCUT2D eigenvalue weighted by Crippen LogP contribution is -2.29. The van der Waals surface area contributed by atoms with Crippen LogP contribution >= 0.6 is 0 Å². The summed E-state index contributed by atoms with van der Waals surface area (Å²) in [6, 6.07) is 0.360. The van der Waals surface area contributed by atoms with Gasteiger partial charge in [-0.15, -0.1) is 0 Å². The van der Waals surface area contributed by atoms with Gasteiger partial charge in [-0.25, -0.2) is 13.4 Å². The average Bonchev–Trinajstić information content (AvgIpc) is 3.27. The van der Waals surface area contributed by atoms with Crippen LogP contribution in [0.25, 0.3) is 0 Å². The SMILES string of the molecule is CCn1cc(S(=O)(=O)N2CCC(Cc3ncc(C)n3C(C)C)C2)cn1. The van der Waals surface area contributed by atoms with Crippen molar-refractivity contribution < 1.29 is 8.42 Å². The van der Waals surface area contributed by atoms with Crippen molar-refractivity contribution in [3.05, 3.63) is 30.1 Å². The molecular weight excluding hydrogens is 338 g/mol. The Morgan fingerprint density at radius 1 is 1.32 bits per heavy atom. The minimum Gasteiger partial charge on any atom is -0.330 e. The number of hydrogen-bond acceptors (Lipinski definition) is 4. The third kappa shape index (κ3) is 3.50. The molecule has 1 fully saturated rings. The highest BCUT2D eigenvalue weighted by molar-refractivity contribution is 7.89. The van der Waals surface area contributed by atoms with E-state index >= 15 is 0 Å². The summed E-state index contributed by atoms with van der Waals surface area (Å²) in [7, 11) is -3.45. The van der Waals surface area contributed by atoms with E-state index in [0.29, 0.717) is 31.6 Å². The highest BCUT2D eigenvalue weighted by Crippen LogP contribution is 2.27. The molecule has 25 heavy (non-hydrogen) atoms. The summed E-state index contributed by atoms with van der Waals surface area (Å²) in [4.78, 5) is 4.83. The first-order valence-electron chi connectivity index (χ1n) is 8.88. The van der Waals surface area contributed by atoms with Crippen LogP contribution in [0.2, 0.25) is 0 Å². The second kappa shape index (κ2) is 6.92. The third-order valence-corrected chi connectivity index (χ3v) is 6.68. The monoisotopic (exact) mass is 365 g/mol. The van der Waals surface area contributed by atoms with Gasteiger partial charge in [-0.3, -0.25) is 4.68 Å². The van der Waals surface area contributed by atoms with Gasteiger partial charge in [0.2, 0.25) is 10.0 Å². The van der Waals surface area contributed by atoms with Crippen molar-refractivity contribution in [1.29, 1.82) is 0 Å². The molecule has 1 aliphatic heterocycles. The fourth-order valence-corrected chi connectivity index (χ4v) is 5.08. The molecule has 3 heterocycles. The number of hydrogen-bond donors (Lipinski definition) is 0. The molecule has 1 unspecified atom stereocenters. The number of imidazole rings is 1. The largest absolute Gasteiger partial charge is 0.330 e. The summed E-state index contributed by atoms with van der Waals surface area (Å²) in [6.07, 6.45) is 6.63. The van der Waals surface area contributed by atoms with Crippen molar-refractivity contribution in [3.63, 3.8) is 0 Å². The van der Waals surface area contributed by atoms with Crippen LogP contribution in [0.5, 0.6) is 0 Å². The Balaban J connectivity index is 1.71. The van der Waals surface area contributed by atoms with Crippen LogP contribution < -0.4 is 0 Å². The molecule has 138 valence electrons. The van der Waals surface area contributed by atoms with Crippen LogP contribution in [0, 0.1) is 12.8 Å². The van der Waals surface area contributed by atoms with Crippen LogP contribution in [-0.4, -0.2) is 45.1 Å². The van der Waals surface area contributed by atoms with Crippen LogP contribution in [-0.2, 0) is 23.0 Å². The van der Waals surface area contributed by atoms with E-state index in [2.05, 4.69) is 35.4 Å². The van der Waals surface area contributed by atoms with E-state index in [1.165, 1.54) is 6.20 Å². The molecule has 7 nitrogen and oxygen atoms in total. The molecule has 0 spiro atoms. The topological polar surface area (TPSA) is 73.0 Å². The highest BCUT2D eigenvalue weighted by atomic mass is 32.2. The molecule has 2 aromatic heterocycles. The fourth-order valence-electron chi connectivity index (χ4n) is 3.59. The Bertz CT molecular complexity index is 837. The van der Waals surface area contributed by atoms with Gasteiger partial charge in [0.1, 0.15) is 10.7 Å². The average molecular weight is 366 g/mol. The molecule has 0 N–H and O–H groups in total. The zero-order valence-electron chi connectivity index (χ0n) is 15.4. The summed E-state index contributed by atoms with van der Waals surface area (Å²) in [5, 5.41) is 4.09. The number of sulfonamides is 1. The Hall–Kier alpha value is -1.67. The predicted octanol–water partition coefficient (Wildman–Crippen LogP) is 2.24. The first-order chi connectivity index (χ1) is 11.8. The van der Waals surface area contributed by atoms with Crippen molar-refractivity contribution in [1.82, 2.24) is 23.6 Å². The normalized spacial score (nSPS) is 19.2. The summed E-state index contributed by atoms with van der Waals surface area (Å²) in [5.41, 5.74) is 1.15. The lowest BCUT2D eigenvalue weighted by Gasteiger charge is -2.17. The second-order valence-corrected chi connectivity index (χ2v) is 8.97. The molecule has 0 amide bonds. The van der Waals surface area contributed by atoms with Gasteiger partial charge in [0, 0.05) is 50.2 Å². The van der Waals surface area contributed by atoms with E-state index in [1.807, 2.05) is 13.1 Å². The molecule has 1 saturated heterocycles. The van der Waals surface area contributed by atoms with Crippen molar-refractivity contribution in [2.45, 2.75) is 58.0 Å². The van der Waals surface area contributed by atoms with Gasteiger partial charge >= 0.3 is 0 Å². The summed E-state index contributed by atoms with van der Waals surface area (Å²) in [5.74, 6) is 1.35. The van der Waals surface area contributed by atoms with E-state index in [0.717, 1.165) is 24.4 Å². The van der Waals surface area contributed by atoms with Gasteiger partial charge in [-0.05, 0) is 40.0 Å². The standard InChI is InChI=1S/C17H27N5O2S/c1-5-20-12-16(10-19-20)25(23,24)21-7-6-15(11-21)8-17-18-9-14(4)22(17)13(2)3/h9-10,12-13,15H,5-8,11H2,1-4H3. The van der Waals surface area contributed by atoms with E-state index in [-0.39, 0.29) is 4.90 Å². The van der Waals surface area contributed by atoms with Crippen LogP contribution in [0.1, 0.15) is 44.8 Å². The Kier molecular flexibility index (Phi) is 5.02. The molecular formula is C17H27N5O2S. The fraction of sp³-hybridized carbons (Fsp3) is 0.647. The maximum atomic E-state index is 12.8. The molecule has 0 bridgehead atoms. The quantitative estimate of drug-likeness (QED) is 0.787. The molecule has 0 aromatic carbocycles. The van der Waals surface area contributed by atoms with Gasteiger partial charge < -0.3 is 4.57 Å². The Morgan fingerprint density at radius 2 is 2.08 bits per heavy atom. The molecule has 0 radical (unpaired) electrons. The Morgan fingerprint density at radius 3 is 2.72 bits per heavy atom. The predicted molar refractivity (Wildman–Crippen MR) is 95.8 cm³/mol. The van der Waals surface area contributed by atoms with Crippen molar-refractivity contribution >= 4 is 10.0 Å². The maximum Gasteiger partial charge on any atom is 0.246 e. The molecule has 0 aliphatic carbocycles. The van der Waals surface area contributed by atoms with Crippen LogP contribution in [0.4, 0.5) is 0 Å². The summed E-state index contributed by atoms with van der Waals surface area (Å²) in [6.45, 7) is 10.1. The van der Waals surface area contributed by atoms with E-state index in [4.69, 9.17) is 0 Å². The number of aromatic nitrogens is 4. The van der Waals surface area contributed by atoms with Gasteiger partial charge in [-0.1, -0.05) is 0 Å². The van der Waals surface area contributed by atoms with Gasteiger partial charge in [0.25, 0.3) is 0 Å². The molecule has 8 heteroatoms. The first-order valence-corrected chi connectivity index (χ1v) is 10.3. The minimum absolute atomic E-state index is 0.287. The van der Waals surface area contributed by atoms with E-state index in [9.17, 15) is 8.42 Å². The molecule has 0 saturated carbocycles. The van der Waals surface area contributed by atoms with Gasteiger partial charge in [0.05, 0.1) is 6.20 Å². The number of aryl methyl sites for hydroxylation is 2. The van der Waals surface area contributed by atoms with Crippen molar-refractivity contribution in [2.24, 2.45) is 5.92 Å². The zero-order chi connectivity index (χ0) is 18.2. The van der Waals surface area contributed by atoms with Crippen molar-refractivity contribution in [3.8, 4) is 0 Å². The third-order valence-electron chi connectivity index (χ3n) is 4.87. The summed E-state index contributed by atoms with van der Waals surface area (Å²) >= 11 is 0. The highest BCUT2D eigenvalue weighted by Gasteiger charge is 2.34. The van der Waals surface area contributed by atoms with E-state index < -0.39 is 10.0 Å². The number of nitrogens with zero attached hydrogens (tertiary/aromatic N) is 5. The van der Waals surface area contributed by atoms with Crippen LogP contribution in [0.3, 0.4) is 0 Å². The number of rotatable bonds is 6. The smallest absolute Gasteiger partial charge is 0.246 e. The second-order valence-electron chi connectivity index (χ2n) is 7.03. The minimum atomic E-state index is -3.45. The maximum absolute atomic E-state index is 12.8.